The standard InChI is InChI=1S/C25H33ClN8OS/c1-5-9-33-10-12-34(13-11-33)24-29-20(14-16(2)3)28-23(31-24)32-25-27-15-19(36-25)22(35)30-21-17(4)7-6-8-18(21)26/h6-8,15-16H,5,9-14H2,1-4H3,(H,30,35)(H,27,28,29,31,32). The maximum atomic E-state index is 12.8. The van der Waals surface area contributed by atoms with Crippen molar-refractivity contribution in [3.63, 3.8) is 0 Å². The van der Waals surface area contributed by atoms with Gasteiger partial charge in [-0.25, -0.2) is 4.98 Å². The molecule has 1 fully saturated rings. The number of amides is 1. The summed E-state index contributed by atoms with van der Waals surface area (Å²) in [5.74, 6) is 2.02. The van der Waals surface area contributed by atoms with Crippen LogP contribution in [0.25, 0.3) is 0 Å². The molecule has 11 heteroatoms. The maximum absolute atomic E-state index is 12.8. The third-order valence-electron chi connectivity index (χ3n) is 5.86. The number of nitrogens with one attached hydrogen (secondary N) is 2. The van der Waals surface area contributed by atoms with Gasteiger partial charge in [0.25, 0.3) is 5.91 Å². The van der Waals surface area contributed by atoms with E-state index in [1.807, 2.05) is 19.1 Å². The van der Waals surface area contributed by atoms with Crippen molar-refractivity contribution < 1.29 is 4.79 Å². The zero-order valence-corrected chi connectivity index (χ0v) is 22.8. The van der Waals surface area contributed by atoms with Crippen molar-refractivity contribution in [3.8, 4) is 0 Å². The van der Waals surface area contributed by atoms with Crippen molar-refractivity contribution in [2.75, 3.05) is 48.3 Å². The number of nitrogens with zero attached hydrogens (tertiary/aromatic N) is 6. The fourth-order valence-electron chi connectivity index (χ4n) is 4.05. The van der Waals surface area contributed by atoms with Crippen molar-refractivity contribution in [1.29, 1.82) is 0 Å². The number of carbonyl (C=O) groups excluding carboxylic acids is 1. The molecule has 192 valence electrons. The van der Waals surface area contributed by atoms with Gasteiger partial charge >= 0.3 is 0 Å². The van der Waals surface area contributed by atoms with E-state index in [9.17, 15) is 4.79 Å². The number of hydrogen-bond donors (Lipinski definition) is 2. The first-order valence-corrected chi connectivity index (χ1v) is 13.5. The zero-order valence-electron chi connectivity index (χ0n) is 21.2. The summed E-state index contributed by atoms with van der Waals surface area (Å²) in [6, 6.07) is 5.50. The highest BCUT2D eigenvalue weighted by atomic mass is 35.5. The van der Waals surface area contributed by atoms with Crippen molar-refractivity contribution in [2.24, 2.45) is 5.92 Å². The second-order valence-corrected chi connectivity index (χ2v) is 10.8. The van der Waals surface area contributed by atoms with Crippen LogP contribution in [0, 0.1) is 12.8 Å². The molecule has 0 bridgehead atoms. The Hall–Kier alpha value is -2.82. The van der Waals surface area contributed by atoms with Crippen molar-refractivity contribution in [1.82, 2.24) is 24.8 Å². The number of anilines is 4. The summed E-state index contributed by atoms with van der Waals surface area (Å²) in [6.07, 6.45) is 3.45. The van der Waals surface area contributed by atoms with Crippen LogP contribution in [0.2, 0.25) is 5.02 Å². The van der Waals surface area contributed by atoms with Crippen LogP contribution in [0.1, 0.15) is 48.3 Å². The molecule has 9 nitrogen and oxygen atoms in total. The highest BCUT2D eigenvalue weighted by Gasteiger charge is 2.21. The van der Waals surface area contributed by atoms with E-state index in [2.05, 4.69) is 51.2 Å². The van der Waals surface area contributed by atoms with Gasteiger partial charge in [-0.15, -0.1) is 0 Å². The van der Waals surface area contributed by atoms with Gasteiger partial charge in [-0.3, -0.25) is 15.0 Å². The molecule has 1 aliphatic heterocycles. The van der Waals surface area contributed by atoms with Gasteiger partial charge in [0.05, 0.1) is 16.9 Å². The van der Waals surface area contributed by atoms with E-state index in [1.54, 1.807) is 12.3 Å². The minimum absolute atomic E-state index is 0.265. The molecule has 2 aromatic heterocycles. The second-order valence-electron chi connectivity index (χ2n) is 9.34. The molecule has 36 heavy (non-hydrogen) atoms. The normalized spacial score (nSPS) is 14.3. The predicted octanol–water partition coefficient (Wildman–Crippen LogP) is 5.02. The van der Waals surface area contributed by atoms with Crippen LogP contribution in [0.5, 0.6) is 0 Å². The Labute approximate surface area is 221 Å². The monoisotopic (exact) mass is 528 g/mol. The van der Waals surface area contributed by atoms with E-state index in [4.69, 9.17) is 21.6 Å². The Morgan fingerprint density at radius 3 is 2.64 bits per heavy atom. The largest absolute Gasteiger partial charge is 0.338 e. The van der Waals surface area contributed by atoms with E-state index in [0.717, 1.165) is 57.0 Å². The molecule has 0 atom stereocenters. The molecular weight excluding hydrogens is 496 g/mol. The minimum Gasteiger partial charge on any atom is -0.338 e. The van der Waals surface area contributed by atoms with E-state index in [0.29, 0.717) is 38.5 Å². The van der Waals surface area contributed by atoms with Gasteiger partial charge in [0, 0.05) is 32.6 Å². The number of piperazine rings is 1. The van der Waals surface area contributed by atoms with E-state index in [1.165, 1.54) is 11.3 Å². The summed E-state index contributed by atoms with van der Waals surface area (Å²) in [5.41, 5.74) is 1.50. The SMILES string of the molecule is CCCN1CCN(c2nc(CC(C)C)nc(Nc3ncc(C(=O)Nc4c(C)cccc4Cl)s3)n2)CC1. The number of benzene rings is 1. The Balaban J connectivity index is 1.49. The predicted molar refractivity (Wildman–Crippen MR) is 147 cm³/mol. The number of halogens is 1. The first-order valence-electron chi connectivity index (χ1n) is 12.3. The number of thiazole rings is 1. The zero-order chi connectivity index (χ0) is 25.7. The van der Waals surface area contributed by atoms with Gasteiger partial charge in [0.1, 0.15) is 10.7 Å². The molecule has 1 aromatic carbocycles. The quantitative estimate of drug-likeness (QED) is 0.399. The summed E-state index contributed by atoms with van der Waals surface area (Å²) in [6.45, 7) is 13.3. The lowest BCUT2D eigenvalue weighted by Gasteiger charge is -2.34. The van der Waals surface area contributed by atoms with Gasteiger partial charge in [0.15, 0.2) is 5.13 Å². The van der Waals surface area contributed by atoms with E-state index in [-0.39, 0.29) is 5.91 Å². The molecule has 3 aromatic rings. The van der Waals surface area contributed by atoms with Crippen LogP contribution in [-0.2, 0) is 6.42 Å². The van der Waals surface area contributed by atoms with Gasteiger partial charge < -0.3 is 10.2 Å². The number of carbonyl (C=O) groups is 1. The average molecular weight is 529 g/mol. The average Bonchev–Trinajstić information content (AvgIpc) is 3.30. The molecule has 2 N–H and O–H groups in total. The number of aromatic nitrogens is 4. The van der Waals surface area contributed by atoms with Crippen molar-refractivity contribution in [3.05, 3.63) is 45.7 Å². The molecule has 1 saturated heterocycles. The molecule has 1 aliphatic rings. The fourth-order valence-corrected chi connectivity index (χ4v) is 5.02. The topological polar surface area (TPSA) is 99.2 Å². The Kier molecular flexibility index (Phi) is 8.71. The lowest BCUT2D eigenvalue weighted by Crippen LogP contribution is -2.47. The molecular formula is C25H33ClN8OS. The molecule has 0 radical (unpaired) electrons. The van der Waals surface area contributed by atoms with Crippen LogP contribution in [0.3, 0.4) is 0 Å². The maximum Gasteiger partial charge on any atom is 0.267 e. The lowest BCUT2D eigenvalue weighted by molar-refractivity contribution is 0.103. The van der Waals surface area contributed by atoms with Gasteiger partial charge in [-0.2, -0.15) is 15.0 Å². The van der Waals surface area contributed by atoms with Crippen molar-refractivity contribution >= 4 is 51.6 Å². The van der Waals surface area contributed by atoms with Crippen LogP contribution < -0.4 is 15.5 Å². The second kappa shape index (κ2) is 11.9. The molecule has 0 aliphatic carbocycles. The smallest absolute Gasteiger partial charge is 0.267 e. The first kappa shape index (κ1) is 26.2. The fraction of sp³-hybridized carbons (Fsp3) is 0.480. The summed E-state index contributed by atoms with van der Waals surface area (Å²) >= 11 is 7.49. The molecule has 3 heterocycles. The lowest BCUT2D eigenvalue weighted by atomic mass is 10.1. The molecule has 1 amide bonds. The molecule has 4 rings (SSSR count). The van der Waals surface area contributed by atoms with Crippen molar-refractivity contribution in [2.45, 2.75) is 40.5 Å². The number of aryl methyl sites for hydroxylation is 1. The Morgan fingerprint density at radius 1 is 1.17 bits per heavy atom. The van der Waals surface area contributed by atoms with Gasteiger partial charge in [-0.1, -0.05) is 55.8 Å². The van der Waals surface area contributed by atoms with Gasteiger partial charge in [-0.05, 0) is 37.4 Å². The third kappa shape index (κ3) is 6.68. The Morgan fingerprint density at radius 2 is 1.94 bits per heavy atom. The highest BCUT2D eigenvalue weighted by Crippen LogP contribution is 2.28. The first-order chi connectivity index (χ1) is 17.3. The molecule has 0 spiro atoms. The third-order valence-corrected chi connectivity index (χ3v) is 7.09. The summed E-state index contributed by atoms with van der Waals surface area (Å²) < 4.78 is 0. The van der Waals surface area contributed by atoms with E-state index < -0.39 is 0 Å². The van der Waals surface area contributed by atoms with Crippen LogP contribution in [0.15, 0.2) is 24.4 Å². The number of rotatable bonds is 9. The number of hydrogen-bond acceptors (Lipinski definition) is 9. The Bertz CT molecular complexity index is 1170. The van der Waals surface area contributed by atoms with E-state index >= 15 is 0 Å². The van der Waals surface area contributed by atoms with Crippen LogP contribution >= 0.6 is 22.9 Å². The molecule has 0 unspecified atom stereocenters. The number of para-hydroxylation sites is 1. The minimum atomic E-state index is -0.265. The molecule has 0 saturated carbocycles. The summed E-state index contributed by atoms with van der Waals surface area (Å²) in [7, 11) is 0. The highest BCUT2D eigenvalue weighted by molar-refractivity contribution is 7.17. The van der Waals surface area contributed by atoms with Crippen LogP contribution in [-0.4, -0.2) is 63.5 Å². The van der Waals surface area contributed by atoms with Gasteiger partial charge in [0.2, 0.25) is 11.9 Å². The summed E-state index contributed by atoms with van der Waals surface area (Å²) in [5, 5.41) is 7.11. The van der Waals surface area contributed by atoms with Crippen LogP contribution in [0.4, 0.5) is 22.7 Å². The summed E-state index contributed by atoms with van der Waals surface area (Å²) in [4.78, 5) is 36.4.